The van der Waals surface area contributed by atoms with Gasteiger partial charge in [-0.3, -0.25) is 0 Å². The largest absolute Gasteiger partial charge is 0.381 e. The molecule has 2 N–H and O–H groups in total. The molecule has 0 amide bonds. The predicted molar refractivity (Wildman–Crippen MR) is 53.5 cm³/mol. The Kier molecular flexibility index (Phi) is 2.16. The molecule has 2 nitrogen and oxygen atoms in total. The van der Waals surface area contributed by atoms with Crippen molar-refractivity contribution in [1.82, 2.24) is 0 Å². The highest BCUT2D eigenvalue weighted by molar-refractivity contribution is 5.11. The zero-order valence-electron chi connectivity index (χ0n) is 8.81. The Labute approximate surface area is 80.8 Å². The highest BCUT2D eigenvalue weighted by atomic mass is 16.5. The van der Waals surface area contributed by atoms with Crippen LogP contribution in [-0.2, 0) is 4.74 Å². The van der Waals surface area contributed by atoms with E-state index in [0.717, 1.165) is 19.1 Å². The van der Waals surface area contributed by atoms with Crippen LogP contribution in [0.1, 0.15) is 39.5 Å². The molecule has 1 aliphatic carbocycles. The van der Waals surface area contributed by atoms with Crippen LogP contribution in [0.3, 0.4) is 0 Å². The van der Waals surface area contributed by atoms with E-state index < -0.39 is 0 Å². The summed E-state index contributed by atoms with van der Waals surface area (Å²) < 4.78 is 5.39. The van der Waals surface area contributed by atoms with Gasteiger partial charge in [0.2, 0.25) is 0 Å². The lowest BCUT2D eigenvalue weighted by atomic mass is 9.68. The second kappa shape index (κ2) is 2.96. The fourth-order valence-electron chi connectivity index (χ4n) is 2.60. The Balaban J connectivity index is 2.04. The van der Waals surface area contributed by atoms with Crippen LogP contribution in [0.2, 0.25) is 0 Å². The summed E-state index contributed by atoms with van der Waals surface area (Å²) in [4.78, 5) is 0. The molecule has 0 spiro atoms. The molecule has 2 rings (SSSR count). The van der Waals surface area contributed by atoms with Gasteiger partial charge in [-0.1, -0.05) is 13.8 Å². The monoisotopic (exact) mass is 183 g/mol. The van der Waals surface area contributed by atoms with Crippen LogP contribution < -0.4 is 5.73 Å². The quantitative estimate of drug-likeness (QED) is 0.710. The van der Waals surface area contributed by atoms with Crippen molar-refractivity contribution in [3.63, 3.8) is 0 Å². The minimum Gasteiger partial charge on any atom is -0.381 e. The molecule has 0 atom stereocenters. The summed E-state index contributed by atoms with van der Waals surface area (Å²) in [6.45, 7) is 6.56. The van der Waals surface area contributed by atoms with Crippen molar-refractivity contribution in [1.29, 1.82) is 0 Å². The third kappa shape index (κ3) is 1.50. The molecule has 13 heavy (non-hydrogen) atoms. The van der Waals surface area contributed by atoms with E-state index in [4.69, 9.17) is 10.5 Å². The van der Waals surface area contributed by atoms with Crippen molar-refractivity contribution < 1.29 is 4.74 Å². The van der Waals surface area contributed by atoms with Crippen LogP contribution >= 0.6 is 0 Å². The third-order valence-electron chi connectivity index (χ3n) is 4.31. The van der Waals surface area contributed by atoms with E-state index in [9.17, 15) is 0 Å². The van der Waals surface area contributed by atoms with Gasteiger partial charge in [-0.2, -0.15) is 0 Å². The molecule has 2 aliphatic rings. The second-order valence-electron chi connectivity index (χ2n) is 5.26. The lowest BCUT2D eigenvalue weighted by Gasteiger charge is -2.41. The average molecular weight is 183 g/mol. The molecule has 2 heteroatoms. The normalized spacial score (nSPS) is 28.8. The molecule has 0 bridgehead atoms. The van der Waals surface area contributed by atoms with Crippen LogP contribution in [0.15, 0.2) is 0 Å². The molecule has 0 aromatic rings. The molecule has 2 fully saturated rings. The van der Waals surface area contributed by atoms with E-state index in [1.807, 2.05) is 0 Å². The van der Waals surface area contributed by atoms with E-state index in [0.29, 0.717) is 5.41 Å². The van der Waals surface area contributed by atoms with Crippen molar-refractivity contribution >= 4 is 0 Å². The number of nitrogens with two attached hydrogens (primary N) is 1. The van der Waals surface area contributed by atoms with Gasteiger partial charge in [0.25, 0.3) is 0 Å². The number of hydrogen-bond donors (Lipinski definition) is 1. The maximum Gasteiger partial charge on any atom is 0.0468 e. The standard InChI is InChI=1S/C11H21NO/c1-10(2,11(12)5-6-11)9-3-7-13-8-4-9/h9H,3-8,12H2,1-2H3. The van der Waals surface area contributed by atoms with Crippen LogP contribution in [0, 0.1) is 11.3 Å². The van der Waals surface area contributed by atoms with E-state index in [1.165, 1.54) is 25.7 Å². The Morgan fingerprint density at radius 2 is 1.77 bits per heavy atom. The van der Waals surface area contributed by atoms with Gasteiger partial charge in [-0.15, -0.1) is 0 Å². The highest BCUT2D eigenvalue weighted by Gasteiger charge is 2.54. The molecule has 0 aromatic carbocycles. The van der Waals surface area contributed by atoms with E-state index in [-0.39, 0.29) is 5.54 Å². The molecule has 1 saturated carbocycles. The Morgan fingerprint density at radius 1 is 1.23 bits per heavy atom. The first-order valence-corrected chi connectivity index (χ1v) is 5.43. The molecule has 1 heterocycles. The number of hydrogen-bond acceptors (Lipinski definition) is 2. The van der Waals surface area contributed by atoms with E-state index in [1.54, 1.807) is 0 Å². The molecule has 1 aliphatic heterocycles. The smallest absolute Gasteiger partial charge is 0.0468 e. The molecule has 1 saturated heterocycles. The summed E-state index contributed by atoms with van der Waals surface area (Å²) in [6, 6.07) is 0. The molecule has 0 radical (unpaired) electrons. The zero-order chi connectivity index (χ0) is 9.53. The Morgan fingerprint density at radius 3 is 2.23 bits per heavy atom. The molecule has 0 unspecified atom stereocenters. The predicted octanol–water partition coefficient (Wildman–Crippen LogP) is 1.93. The number of ether oxygens (including phenoxy) is 1. The van der Waals surface area contributed by atoms with Crippen molar-refractivity contribution in [2.45, 2.75) is 45.1 Å². The van der Waals surface area contributed by atoms with Crippen molar-refractivity contribution in [2.24, 2.45) is 17.1 Å². The maximum absolute atomic E-state index is 6.31. The van der Waals surface area contributed by atoms with E-state index in [2.05, 4.69) is 13.8 Å². The fraction of sp³-hybridized carbons (Fsp3) is 1.00. The van der Waals surface area contributed by atoms with Crippen LogP contribution in [-0.4, -0.2) is 18.8 Å². The maximum atomic E-state index is 6.31. The van der Waals surface area contributed by atoms with Gasteiger partial charge in [0, 0.05) is 18.8 Å². The minimum absolute atomic E-state index is 0.148. The van der Waals surface area contributed by atoms with Gasteiger partial charge in [0.05, 0.1) is 0 Å². The molecule has 76 valence electrons. The first-order chi connectivity index (χ1) is 6.06. The van der Waals surface area contributed by atoms with Crippen molar-refractivity contribution in [3.8, 4) is 0 Å². The minimum atomic E-state index is 0.148. The Bertz CT molecular complexity index is 190. The van der Waals surface area contributed by atoms with E-state index >= 15 is 0 Å². The summed E-state index contributed by atoms with van der Waals surface area (Å²) in [5.41, 5.74) is 6.78. The lowest BCUT2D eigenvalue weighted by Crippen LogP contribution is -2.46. The van der Waals surface area contributed by atoms with Crippen LogP contribution in [0.4, 0.5) is 0 Å². The van der Waals surface area contributed by atoms with Gasteiger partial charge in [-0.25, -0.2) is 0 Å². The van der Waals surface area contributed by atoms with Gasteiger partial charge < -0.3 is 10.5 Å². The van der Waals surface area contributed by atoms with Gasteiger partial charge in [0.15, 0.2) is 0 Å². The molecular weight excluding hydrogens is 162 g/mol. The highest BCUT2D eigenvalue weighted by Crippen LogP contribution is 2.53. The van der Waals surface area contributed by atoms with Gasteiger partial charge >= 0.3 is 0 Å². The topological polar surface area (TPSA) is 35.2 Å². The first kappa shape index (κ1) is 9.47. The van der Waals surface area contributed by atoms with Crippen LogP contribution in [0.25, 0.3) is 0 Å². The first-order valence-electron chi connectivity index (χ1n) is 5.43. The third-order valence-corrected chi connectivity index (χ3v) is 4.31. The second-order valence-corrected chi connectivity index (χ2v) is 5.26. The zero-order valence-corrected chi connectivity index (χ0v) is 8.81. The summed E-state index contributed by atoms with van der Waals surface area (Å²) >= 11 is 0. The number of rotatable bonds is 2. The van der Waals surface area contributed by atoms with Gasteiger partial charge in [-0.05, 0) is 37.0 Å². The summed E-state index contributed by atoms with van der Waals surface area (Å²) in [5.74, 6) is 0.772. The SMILES string of the molecule is CC(C)(C1CCOCC1)C1(N)CC1. The van der Waals surface area contributed by atoms with Crippen LogP contribution in [0.5, 0.6) is 0 Å². The molecular formula is C11H21NO. The fourth-order valence-corrected chi connectivity index (χ4v) is 2.60. The lowest BCUT2D eigenvalue weighted by molar-refractivity contribution is 0.00915. The van der Waals surface area contributed by atoms with Crippen molar-refractivity contribution in [3.05, 3.63) is 0 Å². The molecule has 0 aromatic heterocycles. The summed E-state index contributed by atoms with van der Waals surface area (Å²) in [5, 5.41) is 0. The Hall–Kier alpha value is -0.0800. The summed E-state index contributed by atoms with van der Waals surface area (Å²) in [6.07, 6.45) is 4.84. The van der Waals surface area contributed by atoms with Gasteiger partial charge in [0.1, 0.15) is 0 Å². The van der Waals surface area contributed by atoms with Crippen molar-refractivity contribution in [2.75, 3.05) is 13.2 Å². The average Bonchev–Trinajstić information content (AvgIpc) is 2.87. The summed E-state index contributed by atoms with van der Waals surface area (Å²) in [7, 11) is 0.